The summed E-state index contributed by atoms with van der Waals surface area (Å²) in [6.45, 7) is -0.0270. The van der Waals surface area contributed by atoms with E-state index >= 15 is 0 Å². The van der Waals surface area contributed by atoms with Crippen LogP contribution in [0.4, 0.5) is 0 Å². The third-order valence-corrected chi connectivity index (χ3v) is 3.27. The van der Waals surface area contributed by atoms with Gasteiger partial charge in [0.2, 0.25) is 5.91 Å². The number of carbonyl (C=O) groups is 1. The van der Waals surface area contributed by atoms with Crippen LogP contribution in [0.2, 0.25) is 0 Å². The lowest BCUT2D eigenvalue weighted by Crippen LogP contribution is -2.41. The molecule has 0 heterocycles. The molecule has 0 saturated carbocycles. The molecule has 0 radical (unpaired) electrons. The van der Waals surface area contributed by atoms with Crippen molar-refractivity contribution in [3.8, 4) is 0 Å². The molecular weight excluding hydrogens is 226 g/mol. The fraction of sp³-hybridized carbons (Fsp3) is 0.400. The minimum absolute atomic E-state index is 0.0270. The van der Waals surface area contributed by atoms with Gasteiger partial charge in [-0.2, -0.15) is 0 Å². The quantitative estimate of drug-likeness (QED) is 0.775. The van der Waals surface area contributed by atoms with Gasteiger partial charge in [-0.3, -0.25) is 4.79 Å². The minimum Gasteiger partial charge on any atom is -0.394 e. The summed E-state index contributed by atoms with van der Waals surface area (Å²) in [6, 6.07) is 9.71. The Morgan fingerprint density at radius 1 is 1.28 bits per heavy atom. The highest BCUT2D eigenvalue weighted by Gasteiger charge is 2.21. The molecule has 0 saturated heterocycles. The molecule has 0 bridgehead atoms. The van der Waals surface area contributed by atoms with Crippen LogP contribution < -0.4 is 5.32 Å². The van der Waals surface area contributed by atoms with E-state index in [1.807, 2.05) is 42.5 Å². The van der Waals surface area contributed by atoms with Crippen LogP contribution in [0, 0.1) is 5.92 Å². The molecule has 0 fully saturated rings. The predicted octanol–water partition coefficient (Wildman–Crippen LogP) is 1.67. The molecule has 0 aromatic heterocycles. The van der Waals surface area contributed by atoms with E-state index in [1.165, 1.54) is 0 Å². The lowest BCUT2D eigenvalue weighted by molar-refractivity contribution is -0.125. The van der Waals surface area contributed by atoms with E-state index in [-0.39, 0.29) is 24.5 Å². The number of aliphatic hydroxyl groups is 1. The van der Waals surface area contributed by atoms with Gasteiger partial charge in [0.25, 0.3) is 0 Å². The van der Waals surface area contributed by atoms with Crippen molar-refractivity contribution >= 4 is 5.91 Å². The molecule has 0 aliphatic heterocycles. The van der Waals surface area contributed by atoms with E-state index in [0.717, 1.165) is 18.4 Å². The highest BCUT2D eigenvalue weighted by atomic mass is 16.3. The number of carbonyl (C=O) groups excluding carboxylic acids is 1. The first-order valence-electron chi connectivity index (χ1n) is 6.39. The molecule has 2 rings (SSSR count). The highest BCUT2D eigenvalue weighted by molar-refractivity contribution is 5.79. The van der Waals surface area contributed by atoms with Gasteiger partial charge >= 0.3 is 0 Å². The average Bonchev–Trinajstić information content (AvgIpc) is 2.93. The average molecular weight is 245 g/mol. The molecule has 1 aromatic rings. The first kappa shape index (κ1) is 12.8. The Hall–Kier alpha value is -1.61. The zero-order valence-electron chi connectivity index (χ0n) is 10.4. The van der Waals surface area contributed by atoms with Crippen molar-refractivity contribution < 1.29 is 9.90 Å². The zero-order chi connectivity index (χ0) is 12.8. The van der Waals surface area contributed by atoms with Gasteiger partial charge in [0.1, 0.15) is 0 Å². The number of amides is 1. The van der Waals surface area contributed by atoms with Crippen molar-refractivity contribution in [3.05, 3.63) is 48.0 Å². The number of benzene rings is 1. The second-order valence-corrected chi connectivity index (χ2v) is 4.72. The zero-order valence-corrected chi connectivity index (χ0v) is 10.4. The minimum atomic E-state index is -0.194. The van der Waals surface area contributed by atoms with E-state index in [9.17, 15) is 9.90 Å². The molecule has 0 unspecified atom stereocenters. The third-order valence-electron chi connectivity index (χ3n) is 3.27. The van der Waals surface area contributed by atoms with Crippen molar-refractivity contribution in [1.29, 1.82) is 0 Å². The lowest BCUT2D eigenvalue weighted by atomic mass is 10.0. The van der Waals surface area contributed by atoms with Gasteiger partial charge in [-0.05, 0) is 24.8 Å². The van der Waals surface area contributed by atoms with E-state index in [0.29, 0.717) is 6.42 Å². The van der Waals surface area contributed by atoms with Crippen LogP contribution >= 0.6 is 0 Å². The Bertz CT molecular complexity index is 406. The van der Waals surface area contributed by atoms with Gasteiger partial charge in [-0.15, -0.1) is 0 Å². The number of allylic oxidation sites excluding steroid dienone is 2. The summed E-state index contributed by atoms with van der Waals surface area (Å²) >= 11 is 0. The summed E-state index contributed by atoms with van der Waals surface area (Å²) < 4.78 is 0. The molecule has 1 aliphatic rings. The van der Waals surface area contributed by atoms with Gasteiger partial charge in [0, 0.05) is 5.92 Å². The molecule has 2 N–H and O–H groups in total. The van der Waals surface area contributed by atoms with Crippen LogP contribution in [0.3, 0.4) is 0 Å². The van der Waals surface area contributed by atoms with Crippen molar-refractivity contribution in [2.45, 2.75) is 25.3 Å². The number of hydrogen-bond acceptors (Lipinski definition) is 2. The van der Waals surface area contributed by atoms with Crippen LogP contribution in [0.1, 0.15) is 18.4 Å². The summed E-state index contributed by atoms with van der Waals surface area (Å²) in [4.78, 5) is 11.9. The molecule has 3 heteroatoms. The second-order valence-electron chi connectivity index (χ2n) is 4.72. The van der Waals surface area contributed by atoms with E-state index in [1.54, 1.807) is 0 Å². The number of hydrogen-bond donors (Lipinski definition) is 2. The van der Waals surface area contributed by atoms with E-state index in [2.05, 4.69) is 5.32 Å². The van der Waals surface area contributed by atoms with Crippen LogP contribution in [0.5, 0.6) is 0 Å². The Labute approximate surface area is 108 Å². The van der Waals surface area contributed by atoms with Gasteiger partial charge in [-0.25, -0.2) is 0 Å². The molecule has 0 spiro atoms. The van der Waals surface area contributed by atoms with Crippen LogP contribution in [-0.4, -0.2) is 23.7 Å². The fourth-order valence-electron chi connectivity index (χ4n) is 2.21. The standard InChI is InChI=1S/C15H19NO2/c17-11-14(10-12-6-2-1-3-7-12)16-15(18)13-8-4-5-9-13/h1-7,13-14,17H,8-11H2,(H,16,18)/t14-/m0/s1. The first-order chi connectivity index (χ1) is 8.79. The summed E-state index contributed by atoms with van der Waals surface area (Å²) in [5, 5.41) is 12.3. The Kier molecular flexibility index (Phi) is 4.53. The SMILES string of the molecule is O=C(N[C@H](CO)Cc1ccccc1)C1CC=CC1. The lowest BCUT2D eigenvalue weighted by Gasteiger charge is -2.19. The van der Waals surface area contributed by atoms with Crippen molar-refractivity contribution in [2.24, 2.45) is 5.92 Å². The Morgan fingerprint density at radius 3 is 2.56 bits per heavy atom. The van der Waals surface area contributed by atoms with Gasteiger partial charge in [0.15, 0.2) is 0 Å². The number of aliphatic hydroxyl groups excluding tert-OH is 1. The highest BCUT2D eigenvalue weighted by Crippen LogP contribution is 2.18. The van der Waals surface area contributed by atoms with Crippen LogP contribution in [-0.2, 0) is 11.2 Å². The second kappa shape index (κ2) is 6.36. The normalized spacial score (nSPS) is 16.7. The molecule has 1 aromatic carbocycles. The summed E-state index contributed by atoms with van der Waals surface area (Å²) in [6.07, 6.45) is 6.37. The molecule has 1 atom stereocenters. The van der Waals surface area contributed by atoms with Gasteiger partial charge < -0.3 is 10.4 Å². The first-order valence-corrected chi connectivity index (χ1v) is 6.39. The fourth-order valence-corrected chi connectivity index (χ4v) is 2.21. The molecule has 3 nitrogen and oxygen atoms in total. The molecule has 18 heavy (non-hydrogen) atoms. The maximum absolute atomic E-state index is 11.9. The molecule has 1 amide bonds. The maximum atomic E-state index is 11.9. The van der Waals surface area contributed by atoms with Crippen molar-refractivity contribution in [2.75, 3.05) is 6.61 Å². The van der Waals surface area contributed by atoms with Crippen LogP contribution in [0.25, 0.3) is 0 Å². The molecular formula is C15H19NO2. The Morgan fingerprint density at radius 2 is 1.94 bits per heavy atom. The molecule has 96 valence electrons. The number of nitrogens with one attached hydrogen (secondary N) is 1. The van der Waals surface area contributed by atoms with Gasteiger partial charge in [-0.1, -0.05) is 42.5 Å². The Balaban J connectivity index is 1.87. The largest absolute Gasteiger partial charge is 0.394 e. The maximum Gasteiger partial charge on any atom is 0.224 e. The van der Waals surface area contributed by atoms with Crippen LogP contribution in [0.15, 0.2) is 42.5 Å². The third kappa shape index (κ3) is 3.44. The summed E-state index contributed by atoms with van der Waals surface area (Å²) in [7, 11) is 0. The van der Waals surface area contributed by atoms with E-state index in [4.69, 9.17) is 0 Å². The van der Waals surface area contributed by atoms with Crippen molar-refractivity contribution in [3.63, 3.8) is 0 Å². The topological polar surface area (TPSA) is 49.3 Å². The van der Waals surface area contributed by atoms with E-state index < -0.39 is 0 Å². The monoisotopic (exact) mass is 245 g/mol. The summed E-state index contributed by atoms with van der Waals surface area (Å²) in [5.41, 5.74) is 1.13. The number of rotatable bonds is 5. The molecule has 1 aliphatic carbocycles. The summed E-state index contributed by atoms with van der Waals surface area (Å²) in [5.74, 6) is 0.102. The van der Waals surface area contributed by atoms with Gasteiger partial charge in [0.05, 0.1) is 12.6 Å². The van der Waals surface area contributed by atoms with Crippen molar-refractivity contribution in [1.82, 2.24) is 5.32 Å². The predicted molar refractivity (Wildman–Crippen MR) is 71.0 cm³/mol. The smallest absolute Gasteiger partial charge is 0.224 e.